The van der Waals surface area contributed by atoms with Crippen LogP contribution in [0.5, 0.6) is 0 Å². The van der Waals surface area contributed by atoms with Crippen molar-refractivity contribution in [2.45, 2.75) is 13.3 Å². The van der Waals surface area contributed by atoms with Crippen molar-refractivity contribution in [2.75, 3.05) is 11.0 Å². The molecule has 0 aliphatic heterocycles. The predicted octanol–water partition coefficient (Wildman–Crippen LogP) is 3.31. The Morgan fingerprint density at radius 3 is 2.87 bits per heavy atom. The van der Waals surface area contributed by atoms with Gasteiger partial charge in [0.1, 0.15) is 0 Å². The number of carbonyl (C=O) groups is 1. The number of rotatable bonds is 4. The van der Waals surface area contributed by atoms with Crippen LogP contribution < -0.4 is 5.32 Å². The summed E-state index contributed by atoms with van der Waals surface area (Å²) in [5.41, 5.74) is 1.85. The second-order valence-corrected chi connectivity index (χ2v) is 5.21. The second kappa shape index (κ2) is 6.48. The molecular formula is C11H13BrINO. The number of amides is 1. The zero-order chi connectivity index (χ0) is 11.3. The van der Waals surface area contributed by atoms with Crippen LogP contribution in [0.3, 0.4) is 0 Å². The van der Waals surface area contributed by atoms with Crippen LogP contribution in [0, 0.1) is 6.92 Å². The average Bonchev–Trinajstić information content (AvgIpc) is 2.17. The van der Waals surface area contributed by atoms with E-state index in [0.717, 1.165) is 27.4 Å². The maximum absolute atomic E-state index is 11.7. The van der Waals surface area contributed by atoms with Gasteiger partial charge in [-0.2, -0.15) is 0 Å². The van der Waals surface area contributed by atoms with E-state index in [0.29, 0.717) is 5.56 Å². The molecule has 1 aromatic carbocycles. The van der Waals surface area contributed by atoms with E-state index in [4.69, 9.17) is 0 Å². The molecule has 2 nitrogen and oxygen atoms in total. The summed E-state index contributed by atoms with van der Waals surface area (Å²) in [7, 11) is 0. The maximum atomic E-state index is 11.7. The van der Waals surface area contributed by atoms with Crippen molar-refractivity contribution in [3.63, 3.8) is 0 Å². The van der Waals surface area contributed by atoms with Crippen LogP contribution >= 0.6 is 38.5 Å². The van der Waals surface area contributed by atoms with Gasteiger partial charge >= 0.3 is 0 Å². The van der Waals surface area contributed by atoms with Crippen molar-refractivity contribution in [3.8, 4) is 0 Å². The normalized spacial score (nSPS) is 10.1. The van der Waals surface area contributed by atoms with E-state index in [1.54, 1.807) is 0 Å². The van der Waals surface area contributed by atoms with Gasteiger partial charge in [-0.05, 0) is 47.0 Å². The molecule has 1 amide bonds. The molecular weight excluding hydrogens is 369 g/mol. The lowest BCUT2D eigenvalue weighted by molar-refractivity contribution is 0.0953. The smallest absolute Gasteiger partial charge is 0.252 e. The molecule has 0 aliphatic rings. The highest BCUT2D eigenvalue weighted by atomic mass is 127. The summed E-state index contributed by atoms with van der Waals surface area (Å²) in [6.45, 7) is 2.74. The number of aryl methyl sites for hydroxylation is 1. The van der Waals surface area contributed by atoms with Crippen LogP contribution in [-0.2, 0) is 0 Å². The van der Waals surface area contributed by atoms with Gasteiger partial charge in [0.25, 0.3) is 5.91 Å². The van der Waals surface area contributed by atoms with Crippen molar-refractivity contribution in [1.29, 1.82) is 0 Å². The molecule has 0 fully saturated rings. The fourth-order valence-corrected chi connectivity index (χ4v) is 2.22. The van der Waals surface area contributed by atoms with Crippen molar-refractivity contribution >= 4 is 44.4 Å². The van der Waals surface area contributed by atoms with Gasteiger partial charge < -0.3 is 5.32 Å². The Labute approximate surface area is 112 Å². The number of hydrogen-bond donors (Lipinski definition) is 1. The summed E-state index contributed by atoms with van der Waals surface area (Å²) in [6.07, 6.45) is 1.01. The highest BCUT2D eigenvalue weighted by Crippen LogP contribution is 2.18. The van der Waals surface area contributed by atoms with E-state index in [1.807, 2.05) is 25.1 Å². The fourth-order valence-electron chi connectivity index (χ4n) is 1.17. The summed E-state index contributed by atoms with van der Waals surface area (Å²) in [4.78, 5) is 11.7. The lowest BCUT2D eigenvalue weighted by atomic mass is 10.1. The third-order valence-corrected chi connectivity index (χ3v) is 3.38. The number of halogens is 2. The first-order valence-corrected chi connectivity index (χ1v) is 7.07. The summed E-state index contributed by atoms with van der Waals surface area (Å²) < 4.78 is 1.92. The quantitative estimate of drug-likeness (QED) is 0.484. The second-order valence-electron chi connectivity index (χ2n) is 3.28. The molecule has 82 valence electrons. The van der Waals surface area contributed by atoms with Crippen LogP contribution in [0.1, 0.15) is 22.3 Å². The minimum absolute atomic E-state index is 0.00766. The number of hydrogen-bond acceptors (Lipinski definition) is 1. The fraction of sp³-hybridized carbons (Fsp3) is 0.364. The Morgan fingerprint density at radius 2 is 2.27 bits per heavy atom. The zero-order valence-corrected chi connectivity index (χ0v) is 12.3. The van der Waals surface area contributed by atoms with Gasteiger partial charge in [0.2, 0.25) is 0 Å². The Balaban J connectivity index is 2.65. The number of alkyl halides is 1. The van der Waals surface area contributed by atoms with Crippen molar-refractivity contribution in [2.24, 2.45) is 0 Å². The van der Waals surface area contributed by atoms with E-state index in [2.05, 4.69) is 43.8 Å². The van der Waals surface area contributed by atoms with Crippen molar-refractivity contribution < 1.29 is 4.79 Å². The molecule has 0 atom stereocenters. The van der Waals surface area contributed by atoms with Crippen LogP contribution in [-0.4, -0.2) is 16.9 Å². The first-order chi connectivity index (χ1) is 7.15. The summed E-state index contributed by atoms with van der Waals surface area (Å²) >= 11 is 5.69. The van der Waals surface area contributed by atoms with Gasteiger partial charge in [-0.1, -0.05) is 28.7 Å². The lowest BCUT2D eigenvalue weighted by Gasteiger charge is -2.06. The van der Waals surface area contributed by atoms with Gasteiger partial charge in [-0.25, -0.2) is 0 Å². The highest BCUT2D eigenvalue weighted by molar-refractivity contribution is 14.1. The third-order valence-electron chi connectivity index (χ3n) is 1.97. The number of carbonyl (C=O) groups excluding carboxylic acids is 1. The SMILES string of the molecule is Cc1ccc(C(=O)NCCCI)c(Br)c1. The molecule has 0 radical (unpaired) electrons. The molecule has 0 spiro atoms. The first-order valence-electron chi connectivity index (χ1n) is 4.75. The van der Waals surface area contributed by atoms with E-state index in [1.165, 1.54) is 0 Å². The molecule has 1 N–H and O–H groups in total. The van der Waals surface area contributed by atoms with Gasteiger partial charge in [-0.3, -0.25) is 4.79 Å². The monoisotopic (exact) mass is 381 g/mol. The molecule has 0 saturated carbocycles. The minimum Gasteiger partial charge on any atom is -0.352 e. The summed E-state index contributed by atoms with van der Waals surface area (Å²) in [5, 5.41) is 2.89. The minimum atomic E-state index is -0.00766. The topological polar surface area (TPSA) is 29.1 Å². The lowest BCUT2D eigenvalue weighted by Crippen LogP contribution is -2.24. The Morgan fingerprint density at radius 1 is 1.53 bits per heavy atom. The standard InChI is InChI=1S/C11H13BrINO/c1-8-3-4-9(10(12)7-8)11(15)14-6-2-5-13/h3-4,7H,2,5-6H2,1H3,(H,14,15). The van der Waals surface area contributed by atoms with Crippen LogP contribution in [0.25, 0.3) is 0 Å². The van der Waals surface area contributed by atoms with Crippen molar-refractivity contribution in [3.05, 3.63) is 33.8 Å². The molecule has 1 rings (SSSR count). The van der Waals surface area contributed by atoms with Crippen LogP contribution in [0.4, 0.5) is 0 Å². The predicted molar refractivity (Wildman–Crippen MR) is 74.7 cm³/mol. The maximum Gasteiger partial charge on any atom is 0.252 e. The largest absolute Gasteiger partial charge is 0.352 e. The van der Waals surface area contributed by atoms with E-state index >= 15 is 0 Å². The Bertz CT molecular complexity index is 354. The van der Waals surface area contributed by atoms with Crippen LogP contribution in [0.2, 0.25) is 0 Å². The molecule has 15 heavy (non-hydrogen) atoms. The molecule has 1 aromatic rings. The molecule has 0 saturated heterocycles. The molecule has 0 aromatic heterocycles. The van der Waals surface area contributed by atoms with E-state index in [9.17, 15) is 4.79 Å². The highest BCUT2D eigenvalue weighted by Gasteiger charge is 2.08. The van der Waals surface area contributed by atoms with Crippen molar-refractivity contribution in [1.82, 2.24) is 5.32 Å². The molecule has 4 heteroatoms. The molecule has 0 aliphatic carbocycles. The summed E-state index contributed by atoms with van der Waals surface area (Å²) in [5.74, 6) is -0.00766. The van der Waals surface area contributed by atoms with E-state index < -0.39 is 0 Å². The van der Waals surface area contributed by atoms with Gasteiger partial charge in [0.05, 0.1) is 5.56 Å². The zero-order valence-electron chi connectivity index (χ0n) is 8.52. The van der Waals surface area contributed by atoms with Gasteiger partial charge in [-0.15, -0.1) is 0 Å². The van der Waals surface area contributed by atoms with Gasteiger partial charge in [0.15, 0.2) is 0 Å². The number of benzene rings is 1. The number of nitrogens with one attached hydrogen (secondary N) is 1. The average molecular weight is 382 g/mol. The Hall–Kier alpha value is -0.100. The van der Waals surface area contributed by atoms with E-state index in [-0.39, 0.29) is 5.91 Å². The third kappa shape index (κ3) is 4.10. The van der Waals surface area contributed by atoms with Gasteiger partial charge in [0, 0.05) is 15.4 Å². The van der Waals surface area contributed by atoms with Crippen LogP contribution in [0.15, 0.2) is 22.7 Å². The Kier molecular flexibility index (Phi) is 5.60. The summed E-state index contributed by atoms with van der Waals surface area (Å²) in [6, 6.07) is 5.74. The molecule has 0 bridgehead atoms. The first kappa shape index (κ1) is 13.0. The molecule has 0 unspecified atom stereocenters. The molecule has 0 heterocycles.